The molecule has 0 saturated carbocycles. The number of rotatable bonds is 9. The van der Waals surface area contributed by atoms with Crippen molar-refractivity contribution in [2.75, 3.05) is 76.1 Å². The van der Waals surface area contributed by atoms with E-state index < -0.39 is 5.97 Å². The molecule has 0 spiro atoms. The standard InChI is InChI=1S/C33H37N5O5/c1-36-15-17-38(18-16-36)21-29(40)37(2)26-11-9-25(10-12-26)34-31(23-6-4-22(5-7-23)14-19-39)30-27-20-24(33(42)43-3)8-13-28(27)35-32(30)41/h4-13,20,34,39H,14-19,21H2,1-3H3,(H,35,41)/b31-30-. The Morgan fingerprint density at radius 2 is 1.65 bits per heavy atom. The fraction of sp³-hybridized carbons (Fsp3) is 0.303. The fourth-order valence-electron chi connectivity index (χ4n) is 5.27. The Bertz CT molecular complexity index is 1530. The van der Waals surface area contributed by atoms with Gasteiger partial charge in [0.25, 0.3) is 5.91 Å². The highest BCUT2D eigenvalue weighted by molar-refractivity contribution is 6.37. The van der Waals surface area contributed by atoms with Gasteiger partial charge in [0.15, 0.2) is 0 Å². The Morgan fingerprint density at radius 1 is 0.977 bits per heavy atom. The minimum absolute atomic E-state index is 0.0247. The molecule has 2 amide bonds. The van der Waals surface area contributed by atoms with Gasteiger partial charge in [0, 0.05) is 62.5 Å². The minimum atomic E-state index is -0.494. The van der Waals surface area contributed by atoms with Crippen LogP contribution in [0.2, 0.25) is 0 Å². The predicted molar refractivity (Wildman–Crippen MR) is 168 cm³/mol. The van der Waals surface area contributed by atoms with Crippen molar-refractivity contribution in [1.82, 2.24) is 9.80 Å². The summed E-state index contributed by atoms with van der Waals surface area (Å²) in [4.78, 5) is 44.7. The number of esters is 1. The van der Waals surface area contributed by atoms with E-state index in [1.165, 1.54) is 7.11 Å². The summed E-state index contributed by atoms with van der Waals surface area (Å²) in [6.07, 6.45) is 0.522. The number of hydrogen-bond donors (Lipinski definition) is 3. The van der Waals surface area contributed by atoms with Gasteiger partial charge in [-0.15, -0.1) is 0 Å². The van der Waals surface area contributed by atoms with E-state index in [1.807, 2.05) is 48.5 Å². The Hall–Kier alpha value is -4.51. The second kappa shape index (κ2) is 13.2. The summed E-state index contributed by atoms with van der Waals surface area (Å²) in [5.41, 5.74) is 5.66. The number of hydrogen-bond acceptors (Lipinski definition) is 8. The zero-order valence-corrected chi connectivity index (χ0v) is 24.7. The maximum Gasteiger partial charge on any atom is 0.337 e. The number of likely N-dealkylation sites (N-methyl/N-ethyl adjacent to an activating group) is 2. The van der Waals surface area contributed by atoms with Gasteiger partial charge in [-0.3, -0.25) is 14.5 Å². The lowest BCUT2D eigenvalue weighted by Crippen LogP contribution is -2.48. The van der Waals surface area contributed by atoms with Crippen molar-refractivity contribution >= 4 is 46.1 Å². The highest BCUT2D eigenvalue weighted by atomic mass is 16.5. The van der Waals surface area contributed by atoms with Crippen LogP contribution < -0.4 is 15.5 Å². The van der Waals surface area contributed by atoms with Crippen molar-refractivity contribution in [2.24, 2.45) is 0 Å². The number of nitrogens with zero attached hydrogens (tertiary/aromatic N) is 3. The highest BCUT2D eigenvalue weighted by Crippen LogP contribution is 2.38. The summed E-state index contributed by atoms with van der Waals surface area (Å²) in [7, 11) is 5.19. The number of piperazine rings is 1. The molecule has 2 aliphatic heterocycles. The number of aliphatic hydroxyl groups is 1. The number of anilines is 3. The van der Waals surface area contributed by atoms with Gasteiger partial charge in [0.2, 0.25) is 5.91 Å². The molecule has 10 nitrogen and oxygen atoms in total. The fourth-order valence-corrected chi connectivity index (χ4v) is 5.27. The molecule has 2 heterocycles. The average molecular weight is 584 g/mol. The van der Waals surface area contributed by atoms with Gasteiger partial charge >= 0.3 is 5.97 Å². The van der Waals surface area contributed by atoms with Crippen LogP contribution in [0.4, 0.5) is 17.1 Å². The normalized spacial score (nSPS) is 16.3. The lowest BCUT2D eigenvalue weighted by molar-refractivity contribution is -0.119. The summed E-state index contributed by atoms with van der Waals surface area (Å²) in [6, 6.07) is 20.1. The molecule has 0 atom stereocenters. The maximum atomic E-state index is 13.3. The van der Waals surface area contributed by atoms with Crippen LogP contribution in [-0.4, -0.2) is 93.2 Å². The van der Waals surface area contributed by atoms with Gasteiger partial charge in [-0.2, -0.15) is 0 Å². The molecular weight excluding hydrogens is 546 g/mol. The van der Waals surface area contributed by atoms with Crippen molar-refractivity contribution in [3.63, 3.8) is 0 Å². The zero-order chi connectivity index (χ0) is 30.5. The van der Waals surface area contributed by atoms with E-state index >= 15 is 0 Å². The Kier molecular flexibility index (Phi) is 9.20. The van der Waals surface area contributed by atoms with Crippen molar-refractivity contribution < 1.29 is 24.2 Å². The monoisotopic (exact) mass is 583 g/mol. The number of fused-ring (bicyclic) bond motifs is 1. The van der Waals surface area contributed by atoms with Crippen LogP contribution in [-0.2, 0) is 20.7 Å². The first-order chi connectivity index (χ1) is 20.8. The molecule has 3 aromatic rings. The van der Waals surface area contributed by atoms with Crippen LogP contribution in [0.3, 0.4) is 0 Å². The summed E-state index contributed by atoms with van der Waals surface area (Å²) in [5, 5.41) is 15.7. The molecule has 3 aromatic carbocycles. The third-order valence-electron chi connectivity index (χ3n) is 7.93. The maximum absolute atomic E-state index is 13.3. The summed E-state index contributed by atoms with van der Waals surface area (Å²) < 4.78 is 4.90. The SMILES string of the molecule is COC(=O)c1ccc2c(c1)/C(=C(/Nc1ccc(N(C)C(=O)CN3CCN(C)CC3)cc1)c1ccc(CCO)cc1)C(=O)N2. The van der Waals surface area contributed by atoms with Crippen LogP contribution in [0, 0.1) is 0 Å². The molecule has 5 rings (SSSR count). The van der Waals surface area contributed by atoms with Crippen molar-refractivity contribution in [3.05, 3.63) is 89.0 Å². The van der Waals surface area contributed by atoms with E-state index in [2.05, 4.69) is 27.5 Å². The van der Waals surface area contributed by atoms with Gasteiger partial charge in [-0.1, -0.05) is 24.3 Å². The van der Waals surface area contributed by atoms with E-state index in [-0.39, 0.29) is 18.4 Å². The lowest BCUT2D eigenvalue weighted by atomic mass is 9.97. The number of ether oxygens (including phenoxy) is 1. The van der Waals surface area contributed by atoms with Crippen LogP contribution in [0.25, 0.3) is 11.3 Å². The predicted octanol–water partition coefficient (Wildman–Crippen LogP) is 3.15. The third kappa shape index (κ3) is 6.77. The molecule has 3 N–H and O–H groups in total. The molecule has 1 fully saturated rings. The molecule has 43 heavy (non-hydrogen) atoms. The van der Waals surface area contributed by atoms with Crippen molar-refractivity contribution in [1.29, 1.82) is 0 Å². The van der Waals surface area contributed by atoms with Crippen molar-refractivity contribution in [2.45, 2.75) is 6.42 Å². The zero-order valence-electron chi connectivity index (χ0n) is 24.7. The van der Waals surface area contributed by atoms with E-state index in [9.17, 15) is 19.5 Å². The number of benzene rings is 3. The summed E-state index contributed by atoms with van der Waals surface area (Å²) >= 11 is 0. The molecule has 224 valence electrons. The van der Waals surface area contributed by atoms with Crippen molar-refractivity contribution in [3.8, 4) is 0 Å². The first-order valence-corrected chi connectivity index (χ1v) is 14.3. The van der Waals surface area contributed by atoms with E-state index in [4.69, 9.17) is 4.74 Å². The largest absolute Gasteiger partial charge is 0.465 e. The van der Waals surface area contributed by atoms with Crippen LogP contribution in [0.5, 0.6) is 0 Å². The number of methoxy groups -OCH3 is 1. The first kappa shape index (κ1) is 30.0. The van der Waals surface area contributed by atoms with Gasteiger partial charge in [-0.25, -0.2) is 4.79 Å². The smallest absolute Gasteiger partial charge is 0.337 e. The van der Waals surface area contributed by atoms with Crippen LogP contribution >= 0.6 is 0 Å². The quantitative estimate of drug-likeness (QED) is 0.260. The second-order valence-electron chi connectivity index (χ2n) is 10.8. The number of amides is 2. The number of carbonyl (C=O) groups is 3. The lowest BCUT2D eigenvalue weighted by Gasteiger charge is -2.32. The number of nitrogens with one attached hydrogen (secondary N) is 2. The molecule has 0 radical (unpaired) electrons. The van der Waals surface area contributed by atoms with Gasteiger partial charge in [-0.05, 0) is 67.1 Å². The molecule has 0 bridgehead atoms. The van der Waals surface area contributed by atoms with Gasteiger partial charge in [0.05, 0.1) is 30.5 Å². The topological polar surface area (TPSA) is 114 Å². The van der Waals surface area contributed by atoms with Crippen LogP contribution in [0.15, 0.2) is 66.7 Å². The van der Waals surface area contributed by atoms with Gasteiger partial charge in [0.1, 0.15) is 0 Å². The highest BCUT2D eigenvalue weighted by Gasteiger charge is 2.30. The molecule has 2 aliphatic rings. The molecule has 1 saturated heterocycles. The Morgan fingerprint density at radius 3 is 2.30 bits per heavy atom. The van der Waals surface area contributed by atoms with E-state index in [1.54, 1.807) is 30.1 Å². The Labute approximate surface area is 251 Å². The molecule has 0 aromatic heterocycles. The number of carbonyl (C=O) groups excluding carboxylic acids is 3. The Balaban J connectivity index is 1.44. The van der Waals surface area contributed by atoms with Crippen LogP contribution in [0.1, 0.15) is 27.0 Å². The second-order valence-corrected chi connectivity index (χ2v) is 10.8. The minimum Gasteiger partial charge on any atom is -0.465 e. The summed E-state index contributed by atoms with van der Waals surface area (Å²) in [5.74, 6) is -0.771. The summed E-state index contributed by atoms with van der Waals surface area (Å²) in [6.45, 7) is 4.05. The average Bonchev–Trinajstić information content (AvgIpc) is 3.35. The third-order valence-corrected chi connectivity index (χ3v) is 7.93. The number of aliphatic hydroxyl groups excluding tert-OH is 1. The van der Waals surface area contributed by atoms with E-state index in [0.717, 1.165) is 48.7 Å². The molecular formula is C33H37N5O5. The molecule has 10 heteroatoms. The molecule has 0 aliphatic carbocycles. The van der Waals surface area contributed by atoms with Gasteiger partial charge < -0.3 is 30.3 Å². The van der Waals surface area contributed by atoms with E-state index in [0.29, 0.717) is 41.1 Å². The first-order valence-electron chi connectivity index (χ1n) is 14.3. The molecule has 0 unspecified atom stereocenters.